The van der Waals surface area contributed by atoms with Crippen molar-refractivity contribution < 1.29 is 51.9 Å². The fourth-order valence-electron chi connectivity index (χ4n) is 0. The van der Waals surface area contributed by atoms with E-state index in [0.717, 1.165) is 0 Å². The molecule has 0 saturated heterocycles. The van der Waals surface area contributed by atoms with Crippen LogP contribution in [0.3, 0.4) is 0 Å². The number of hydrogen-bond donors (Lipinski definition) is 0. The quantitative estimate of drug-likeness (QED) is 0.438. The Morgan fingerprint density at radius 3 is 1.17 bits per heavy atom. The van der Waals surface area contributed by atoms with Gasteiger partial charge in [0.1, 0.15) is 17.4 Å². The largest absolute Gasteiger partial charge is 0.0125 e. The molecule has 0 bridgehead atoms. The first kappa shape index (κ1) is 24.6. The summed E-state index contributed by atoms with van der Waals surface area (Å²) in [5.41, 5.74) is 0. The van der Waals surface area contributed by atoms with Crippen LogP contribution in [0.5, 0.6) is 0 Å². The van der Waals surface area contributed by atoms with Gasteiger partial charge >= 0.3 is 25.7 Å². The van der Waals surface area contributed by atoms with Crippen molar-refractivity contribution in [2.45, 2.75) is 0 Å². The van der Waals surface area contributed by atoms with Crippen molar-refractivity contribution in [3.8, 4) is 0 Å². The standard InChI is InChI=1S/Al.2O.H3Si.Ti.Zr.2H/h;;;1H3;;;;. The maximum Gasteiger partial charge on any atom is 0 e. The Balaban J connectivity index is -0.00000000667. The van der Waals surface area contributed by atoms with E-state index in [2.05, 4.69) is 0 Å². The molecule has 0 heterocycles. The van der Waals surface area contributed by atoms with Crippen molar-refractivity contribution in [3.63, 3.8) is 0 Å². The molecule has 0 spiro atoms. The topological polar surface area (TPSA) is 34.1 Å². The molecule has 0 aromatic heterocycles. The van der Waals surface area contributed by atoms with Crippen LogP contribution in [0.2, 0.25) is 0 Å². The second-order valence-electron chi connectivity index (χ2n) is 0.0833. The van der Waals surface area contributed by atoms with Crippen molar-refractivity contribution in [3.05, 3.63) is 0 Å². The van der Waals surface area contributed by atoms with Crippen LogP contribution < -0.4 is 0 Å². The summed E-state index contributed by atoms with van der Waals surface area (Å²) in [6, 6.07) is 0. The first-order valence-corrected chi connectivity index (χ1v) is 1.68. The van der Waals surface area contributed by atoms with Gasteiger partial charge in [0.05, 0.1) is 0 Å². The number of rotatable bonds is 0. The van der Waals surface area contributed by atoms with Crippen molar-refractivity contribution in [2.24, 2.45) is 0 Å². The predicted molar refractivity (Wildman–Crippen MR) is 19.9 cm³/mol. The molecule has 0 saturated carbocycles. The molecule has 0 amide bonds. The second-order valence-corrected chi connectivity index (χ2v) is 0.344. The van der Waals surface area contributed by atoms with Gasteiger partial charge in [0.15, 0.2) is 0 Å². The predicted octanol–water partition coefficient (Wildman–Crippen LogP) is -2.34. The third kappa shape index (κ3) is 38.4. The molecule has 32 valence electrons. The molecule has 2 radical (unpaired) electrons. The summed E-state index contributed by atoms with van der Waals surface area (Å²) in [7, 11) is 0. The second kappa shape index (κ2) is 28.3. The molecule has 0 unspecified atom stereocenters. The molecule has 0 aromatic rings. The average Bonchev–Trinajstić information content (AvgIpc) is 0.918. The normalized spacial score (nSPS) is 1.33. The van der Waals surface area contributed by atoms with Crippen molar-refractivity contribution >= 4 is 28.3 Å². The van der Waals surface area contributed by atoms with Crippen LogP contribution in [-0.2, 0) is 51.9 Å². The summed E-state index contributed by atoms with van der Waals surface area (Å²) in [6.45, 7) is 0. The van der Waals surface area contributed by atoms with Gasteiger partial charge in [0.25, 0.3) is 0 Å². The summed E-state index contributed by atoms with van der Waals surface area (Å²) >= 11 is -2.00. The molecule has 0 fully saturated rings. The van der Waals surface area contributed by atoms with E-state index in [1.165, 1.54) is 0 Å². The third-order valence-electron chi connectivity index (χ3n) is 0. The molecule has 0 atom stereocenters. The molecule has 0 rings (SSSR count). The van der Waals surface area contributed by atoms with Crippen LogP contribution in [-0.4, -0.2) is 28.3 Å². The van der Waals surface area contributed by atoms with Gasteiger partial charge in [-0.05, 0) is 11.0 Å². The molecule has 6 heavy (non-hydrogen) atoms. The Bertz CT molecular complexity index is 34.5. The van der Waals surface area contributed by atoms with E-state index in [-0.39, 0.29) is 54.5 Å². The van der Waals surface area contributed by atoms with Gasteiger partial charge in [0, 0.05) is 26.2 Å². The van der Waals surface area contributed by atoms with E-state index < -0.39 is 19.1 Å². The minimum atomic E-state index is -2.00. The molecular weight excluding hydrogens is 226 g/mol. The zero-order valence-corrected chi connectivity index (χ0v) is 11.8. The first-order chi connectivity index (χ1) is 1.41. The van der Waals surface area contributed by atoms with Crippen molar-refractivity contribution in [1.82, 2.24) is 0 Å². The summed E-state index contributed by atoms with van der Waals surface area (Å²) in [5, 5.41) is 0. The van der Waals surface area contributed by atoms with E-state index in [0.29, 0.717) is 0 Å². The zero-order valence-electron chi connectivity index (χ0n) is 3.82. The Hall–Kier alpha value is 1.95. The molecule has 0 aromatic carbocycles. The maximum absolute atomic E-state index is 8.50. The van der Waals surface area contributed by atoms with E-state index in [4.69, 9.17) is 6.65 Å². The van der Waals surface area contributed by atoms with Gasteiger partial charge in [0.2, 0.25) is 0 Å². The van der Waals surface area contributed by atoms with Crippen LogP contribution in [0.15, 0.2) is 0 Å². The molecule has 6 heteroatoms. The molecule has 0 N–H and O–H groups in total. The summed E-state index contributed by atoms with van der Waals surface area (Å²) < 4.78 is 17.0. The fraction of sp³-hybridized carbons (Fsp3) is 0. The van der Waals surface area contributed by atoms with Crippen LogP contribution in [0.4, 0.5) is 0 Å². The Labute approximate surface area is 79.3 Å². The molecular formula is H5AlO2SiTiZr. The minimum absolute atomic E-state index is 0. The van der Waals surface area contributed by atoms with E-state index in [1.54, 1.807) is 0 Å². The van der Waals surface area contributed by atoms with E-state index in [1.807, 2.05) is 0 Å². The van der Waals surface area contributed by atoms with Crippen LogP contribution in [0.1, 0.15) is 0 Å². The van der Waals surface area contributed by atoms with Gasteiger partial charge in [-0.3, -0.25) is 0 Å². The summed E-state index contributed by atoms with van der Waals surface area (Å²) in [5.74, 6) is 0. The molecule has 0 aliphatic carbocycles. The molecule has 2 nitrogen and oxygen atoms in total. The SMILES string of the molecule is [AlH2].[O]=[Ti]=[O].[SiH3].[Zr]. The average molecular weight is 231 g/mol. The fourth-order valence-corrected chi connectivity index (χ4v) is 0. The van der Waals surface area contributed by atoms with Gasteiger partial charge < -0.3 is 0 Å². The smallest absolute Gasteiger partial charge is 0 e. The summed E-state index contributed by atoms with van der Waals surface area (Å²) in [4.78, 5) is 0. The first-order valence-electron chi connectivity index (χ1n) is 0.408. The van der Waals surface area contributed by atoms with Crippen LogP contribution >= 0.6 is 0 Å². The zero-order chi connectivity index (χ0) is 2.71. The molecule has 0 aliphatic heterocycles. The summed E-state index contributed by atoms with van der Waals surface area (Å²) in [6.07, 6.45) is 0. The third-order valence-corrected chi connectivity index (χ3v) is 0. The maximum atomic E-state index is 8.50. The van der Waals surface area contributed by atoms with Crippen molar-refractivity contribution in [1.29, 1.82) is 0 Å². The van der Waals surface area contributed by atoms with Gasteiger partial charge in [-0.15, -0.1) is 0 Å². The monoisotopic (exact) mass is 230 g/mol. The Morgan fingerprint density at radius 1 is 1.17 bits per heavy atom. The van der Waals surface area contributed by atoms with E-state index >= 15 is 0 Å². The van der Waals surface area contributed by atoms with Crippen LogP contribution in [0.25, 0.3) is 0 Å². The number of hydrogen-bond acceptors (Lipinski definition) is 2. The Kier molecular flexibility index (Phi) is 116. The Morgan fingerprint density at radius 2 is 1.17 bits per heavy atom. The van der Waals surface area contributed by atoms with Crippen molar-refractivity contribution in [2.75, 3.05) is 0 Å². The molecule has 0 aliphatic rings. The van der Waals surface area contributed by atoms with Gasteiger partial charge in [-0.1, -0.05) is 0 Å². The van der Waals surface area contributed by atoms with Gasteiger partial charge in [-0.2, -0.15) is 0 Å². The minimum Gasteiger partial charge on any atom is -0.0125 e. The van der Waals surface area contributed by atoms with E-state index in [9.17, 15) is 0 Å². The van der Waals surface area contributed by atoms with Crippen LogP contribution in [0, 0.1) is 0 Å². The van der Waals surface area contributed by atoms with Gasteiger partial charge in [-0.25, -0.2) is 0 Å².